The van der Waals surface area contributed by atoms with Crippen LogP contribution in [0.3, 0.4) is 0 Å². The Morgan fingerprint density at radius 2 is 2.09 bits per heavy atom. The third kappa shape index (κ3) is 2.96. The number of hydrogen-bond acceptors (Lipinski definition) is 5. The van der Waals surface area contributed by atoms with E-state index in [-0.39, 0.29) is 0 Å². The van der Waals surface area contributed by atoms with Crippen LogP contribution in [0, 0.1) is 0 Å². The van der Waals surface area contributed by atoms with Crippen molar-refractivity contribution >= 4 is 27.4 Å². The molecule has 0 bridgehead atoms. The number of nitrogens with zero attached hydrogens (tertiary/aromatic N) is 5. The highest BCUT2D eigenvalue weighted by Gasteiger charge is 2.17. The fourth-order valence-corrected chi connectivity index (χ4v) is 3.20. The van der Waals surface area contributed by atoms with Crippen molar-refractivity contribution in [3.8, 4) is 11.1 Å². The zero-order chi connectivity index (χ0) is 16.4. The maximum Gasteiger partial charge on any atom is 0.165 e. The topological polar surface area (TPSA) is 72.1 Å². The van der Waals surface area contributed by atoms with Crippen LogP contribution in [0.15, 0.2) is 23.1 Å². The van der Waals surface area contributed by atoms with Crippen LogP contribution in [0.4, 0.5) is 5.82 Å². The van der Waals surface area contributed by atoms with Gasteiger partial charge in [-0.1, -0.05) is 6.92 Å². The van der Waals surface area contributed by atoms with Crippen LogP contribution in [-0.2, 0) is 13.5 Å². The summed E-state index contributed by atoms with van der Waals surface area (Å²) in [4.78, 5) is 4.84. The number of rotatable bonds is 6. The van der Waals surface area contributed by atoms with Crippen molar-refractivity contribution in [1.29, 1.82) is 0 Å². The molecule has 0 saturated carbocycles. The summed E-state index contributed by atoms with van der Waals surface area (Å²) in [5.74, 6) is 0.900. The first-order valence-electron chi connectivity index (χ1n) is 7.59. The highest BCUT2D eigenvalue weighted by atomic mass is 79.9. The standard InChI is InChI=1S/C15H20BrN7/c1-4-18-6-5-12-13(16)15(17-2)23-14(21-12)11(8-20-23)10-7-19-22(3)9-10/h7-9,17-18H,4-6H2,1-3H3. The number of likely N-dealkylation sites (N-methyl/N-ethyl adjacent to an activating group) is 1. The lowest BCUT2D eigenvalue weighted by Crippen LogP contribution is -2.17. The van der Waals surface area contributed by atoms with Crippen molar-refractivity contribution in [3.05, 3.63) is 28.8 Å². The number of halogens is 1. The van der Waals surface area contributed by atoms with E-state index in [1.165, 1.54) is 0 Å². The first kappa shape index (κ1) is 15.9. The van der Waals surface area contributed by atoms with Gasteiger partial charge in [-0.05, 0) is 22.5 Å². The summed E-state index contributed by atoms with van der Waals surface area (Å²) in [6, 6.07) is 0. The second-order valence-electron chi connectivity index (χ2n) is 5.27. The van der Waals surface area contributed by atoms with Gasteiger partial charge in [0.25, 0.3) is 0 Å². The Morgan fingerprint density at radius 3 is 2.74 bits per heavy atom. The molecule has 0 aliphatic heterocycles. The van der Waals surface area contributed by atoms with Crippen LogP contribution in [0.5, 0.6) is 0 Å². The second kappa shape index (κ2) is 6.67. The summed E-state index contributed by atoms with van der Waals surface area (Å²) in [5.41, 5.74) is 3.83. The Morgan fingerprint density at radius 1 is 1.26 bits per heavy atom. The van der Waals surface area contributed by atoms with Crippen LogP contribution >= 0.6 is 15.9 Å². The van der Waals surface area contributed by atoms with Crippen molar-refractivity contribution in [2.45, 2.75) is 13.3 Å². The first-order valence-corrected chi connectivity index (χ1v) is 8.38. The van der Waals surface area contributed by atoms with Crippen molar-refractivity contribution in [2.75, 3.05) is 25.5 Å². The molecule has 8 heteroatoms. The van der Waals surface area contributed by atoms with Crippen LogP contribution < -0.4 is 10.6 Å². The first-order chi connectivity index (χ1) is 11.2. The molecule has 0 fully saturated rings. The van der Waals surface area contributed by atoms with Crippen LogP contribution in [0.25, 0.3) is 16.8 Å². The Labute approximate surface area is 143 Å². The molecule has 2 N–H and O–H groups in total. The van der Waals surface area contributed by atoms with Gasteiger partial charge in [0.05, 0.1) is 22.6 Å². The average molecular weight is 378 g/mol. The molecule has 0 aliphatic rings. The second-order valence-corrected chi connectivity index (χ2v) is 6.06. The predicted molar refractivity (Wildman–Crippen MR) is 94.7 cm³/mol. The van der Waals surface area contributed by atoms with Gasteiger partial charge in [0.2, 0.25) is 0 Å². The molecule has 0 aromatic carbocycles. The van der Waals surface area contributed by atoms with Crippen LogP contribution in [-0.4, -0.2) is 44.5 Å². The van der Waals surface area contributed by atoms with E-state index < -0.39 is 0 Å². The van der Waals surface area contributed by atoms with Gasteiger partial charge in [-0.2, -0.15) is 14.7 Å². The summed E-state index contributed by atoms with van der Waals surface area (Å²) in [5, 5.41) is 15.3. The van der Waals surface area contributed by atoms with Gasteiger partial charge in [0.1, 0.15) is 5.82 Å². The summed E-state index contributed by atoms with van der Waals surface area (Å²) in [6.07, 6.45) is 6.48. The minimum atomic E-state index is 0.831. The molecule has 0 unspecified atom stereocenters. The molecule has 3 heterocycles. The van der Waals surface area contributed by atoms with Gasteiger partial charge in [-0.15, -0.1) is 0 Å². The molecule has 3 aromatic heterocycles. The molecule has 7 nitrogen and oxygen atoms in total. The number of nitrogens with one attached hydrogen (secondary N) is 2. The fourth-order valence-electron chi connectivity index (χ4n) is 2.55. The average Bonchev–Trinajstić information content (AvgIpc) is 3.14. The highest BCUT2D eigenvalue weighted by Crippen LogP contribution is 2.31. The number of hydrogen-bond donors (Lipinski definition) is 2. The summed E-state index contributed by atoms with van der Waals surface area (Å²) >= 11 is 3.65. The fraction of sp³-hybridized carbons (Fsp3) is 0.400. The monoisotopic (exact) mass is 377 g/mol. The molecule has 0 aliphatic carbocycles. The van der Waals surface area contributed by atoms with E-state index >= 15 is 0 Å². The molecule has 3 rings (SSSR count). The Balaban J connectivity index is 2.12. The lowest BCUT2D eigenvalue weighted by Gasteiger charge is -2.12. The Bertz CT molecular complexity index is 821. The van der Waals surface area contributed by atoms with Crippen molar-refractivity contribution in [1.82, 2.24) is 29.7 Å². The zero-order valence-corrected chi connectivity index (χ0v) is 15.1. The van der Waals surface area contributed by atoms with E-state index in [2.05, 4.69) is 43.7 Å². The third-order valence-electron chi connectivity index (χ3n) is 3.70. The maximum atomic E-state index is 4.84. The van der Waals surface area contributed by atoms with Gasteiger partial charge < -0.3 is 10.6 Å². The van der Waals surface area contributed by atoms with Crippen molar-refractivity contribution in [3.63, 3.8) is 0 Å². The smallest absolute Gasteiger partial charge is 0.165 e. The third-order valence-corrected chi connectivity index (χ3v) is 4.53. The summed E-state index contributed by atoms with van der Waals surface area (Å²) < 4.78 is 4.55. The molecular formula is C15H20BrN7. The van der Waals surface area contributed by atoms with E-state index in [0.717, 1.165) is 52.3 Å². The van der Waals surface area contributed by atoms with Crippen LogP contribution in [0.2, 0.25) is 0 Å². The SMILES string of the molecule is CCNCCc1nc2c(-c3cnn(C)c3)cnn2c(NC)c1Br. The molecule has 0 saturated heterocycles. The highest BCUT2D eigenvalue weighted by molar-refractivity contribution is 9.10. The zero-order valence-electron chi connectivity index (χ0n) is 13.5. The molecule has 122 valence electrons. The molecular weight excluding hydrogens is 358 g/mol. The molecule has 0 atom stereocenters. The molecule has 0 amide bonds. The Kier molecular flexibility index (Phi) is 4.63. The normalized spacial score (nSPS) is 11.3. The molecule has 23 heavy (non-hydrogen) atoms. The largest absolute Gasteiger partial charge is 0.372 e. The summed E-state index contributed by atoms with van der Waals surface area (Å²) in [6.45, 7) is 3.94. The quantitative estimate of drug-likeness (QED) is 0.643. The van der Waals surface area contributed by atoms with Gasteiger partial charge >= 0.3 is 0 Å². The van der Waals surface area contributed by atoms with E-state index in [1.807, 2.05) is 37.2 Å². The van der Waals surface area contributed by atoms with E-state index in [4.69, 9.17) is 4.98 Å². The molecule has 3 aromatic rings. The lowest BCUT2D eigenvalue weighted by molar-refractivity contribution is 0.705. The van der Waals surface area contributed by atoms with Gasteiger partial charge in [0.15, 0.2) is 5.65 Å². The van der Waals surface area contributed by atoms with E-state index in [0.29, 0.717) is 0 Å². The number of anilines is 1. The minimum Gasteiger partial charge on any atom is -0.372 e. The van der Waals surface area contributed by atoms with Gasteiger partial charge in [-0.3, -0.25) is 4.68 Å². The van der Waals surface area contributed by atoms with Crippen molar-refractivity contribution in [2.24, 2.45) is 7.05 Å². The lowest BCUT2D eigenvalue weighted by atomic mass is 10.2. The molecule has 0 radical (unpaired) electrons. The minimum absolute atomic E-state index is 0.831. The Hall–Kier alpha value is -1.93. The number of aryl methyl sites for hydroxylation is 1. The number of aromatic nitrogens is 5. The summed E-state index contributed by atoms with van der Waals surface area (Å²) in [7, 11) is 3.79. The van der Waals surface area contributed by atoms with Gasteiger partial charge in [0, 0.05) is 44.4 Å². The van der Waals surface area contributed by atoms with Crippen LogP contribution in [0.1, 0.15) is 12.6 Å². The predicted octanol–water partition coefficient (Wildman–Crippen LogP) is 2.09. The van der Waals surface area contributed by atoms with Gasteiger partial charge in [-0.25, -0.2) is 4.98 Å². The van der Waals surface area contributed by atoms with E-state index in [1.54, 1.807) is 4.68 Å². The van der Waals surface area contributed by atoms with Crippen molar-refractivity contribution < 1.29 is 0 Å². The van der Waals surface area contributed by atoms with E-state index in [9.17, 15) is 0 Å². The number of fused-ring (bicyclic) bond motifs is 1. The maximum absolute atomic E-state index is 4.84. The molecule has 0 spiro atoms.